The first kappa shape index (κ1) is 11.9. The zero-order valence-electron chi connectivity index (χ0n) is 9.35. The van der Waals surface area contributed by atoms with Crippen LogP contribution in [0.4, 0.5) is 5.69 Å². The number of hydrogen-bond acceptors (Lipinski definition) is 2. The van der Waals surface area contributed by atoms with E-state index in [-0.39, 0.29) is 5.91 Å². The van der Waals surface area contributed by atoms with Gasteiger partial charge in [0, 0.05) is 24.3 Å². The Balaban J connectivity index is 2.16. The minimum Gasteiger partial charge on any atom is -0.321 e. The van der Waals surface area contributed by atoms with Gasteiger partial charge in [-0.2, -0.15) is 5.10 Å². The Morgan fingerprint density at radius 2 is 2.29 bits per heavy atom. The van der Waals surface area contributed by atoms with E-state index in [4.69, 9.17) is 0 Å². The number of nitrogens with one attached hydrogen (secondary N) is 1. The standard InChI is InChI=1S/C12H12BrN3O/c1-16-11(5-6-14-16)12(17)15-10-4-2-3-9(7-10)8-13/h2-7H,8H2,1H3,(H,15,17). The van der Waals surface area contributed by atoms with Crippen molar-refractivity contribution in [2.75, 3.05) is 5.32 Å². The molecule has 0 bridgehead atoms. The van der Waals surface area contributed by atoms with Crippen LogP contribution in [0, 0.1) is 0 Å². The summed E-state index contributed by atoms with van der Waals surface area (Å²) >= 11 is 3.38. The highest BCUT2D eigenvalue weighted by Gasteiger charge is 2.09. The van der Waals surface area contributed by atoms with Crippen molar-refractivity contribution in [3.63, 3.8) is 0 Å². The molecule has 0 unspecified atom stereocenters. The van der Waals surface area contributed by atoms with Crippen molar-refractivity contribution in [3.8, 4) is 0 Å². The monoisotopic (exact) mass is 293 g/mol. The number of hydrogen-bond donors (Lipinski definition) is 1. The lowest BCUT2D eigenvalue weighted by molar-refractivity contribution is 0.101. The normalized spacial score (nSPS) is 10.2. The molecule has 0 fully saturated rings. The third-order valence-corrected chi connectivity index (χ3v) is 3.04. The minimum absolute atomic E-state index is 0.156. The number of rotatable bonds is 3. The van der Waals surface area contributed by atoms with E-state index in [1.165, 1.54) is 0 Å². The summed E-state index contributed by atoms with van der Waals surface area (Å²) in [5, 5.41) is 7.57. The van der Waals surface area contributed by atoms with Crippen LogP contribution in [0.15, 0.2) is 36.5 Å². The Labute approximate surface area is 108 Å². The fourth-order valence-corrected chi connectivity index (χ4v) is 1.87. The quantitative estimate of drug-likeness (QED) is 0.884. The number of amides is 1. The molecule has 1 amide bonds. The molecule has 0 aliphatic carbocycles. The van der Waals surface area contributed by atoms with Gasteiger partial charge >= 0.3 is 0 Å². The maximum absolute atomic E-state index is 11.9. The number of nitrogens with zero attached hydrogens (tertiary/aromatic N) is 2. The van der Waals surface area contributed by atoms with Crippen LogP contribution in [0.2, 0.25) is 0 Å². The average Bonchev–Trinajstić information content (AvgIpc) is 2.76. The number of halogens is 1. The van der Waals surface area contributed by atoms with Crippen LogP contribution in [-0.2, 0) is 12.4 Å². The number of carbonyl (C=O) groups excluding carboxylic acids is 1. The number of aromatic nitrogens is 2. The Morgan fingerprint density at radius 3 is 2.94 bits per heavy atom. The molecule has 0 aliphatic rings. The smallest absolute Gasteiger partial charge is 0.273 e. The van der Waals surface area contributed by atoms with Crippen LogP contribution in [0.1, 0.15) is 16.1 Å². The summed E-state index contributed by atoms with van der Waals surface area (Å²) in [6, 6.07) is 9.39. The molecule has 0 saturated heterocycles. The van der Waals surface area contributed by atoms with E-state index in [1.807, 2.05) is 24.3 Å². The molecule has 2 rings (SSSR count). The van der Waals surface area contributed by atoms with Gasteiger partial charge in [-0.25, -0.2) is 0 Å². The molecule has 2 aromatic rings. The summed E-state index contributed by atoms with van der Waals surface area (Å²) in [4.78, 5) is 11.9. The highest BCUT2D eigenvalue weighted by molar-refractivity contribution is 9.08. The van der Waals surface area contributed by atoms with Crippen molar-refractivity contribution in [2.45, 2.75) is 5.33 Å². The maximum Gasteiger partial charge on any atom is 0.273 e. The van der Waals surface area contributed by atoms with Crippen molar-refractivity contribution >= 4 is 27.5 Å². The van der Waals surface area contributed by atoms with Crippen molar-refractivity contribution in [3.05, 3.63) is 47.8 Å². The number of anilines is 1. The first-order valence-electron chi connectivity index (χ1n) is 5.15. The zero-order valence-corrected chi connectivity index (χ0v) is 10.9. The number of carbonyl (C=O) groups is 1. The van der Waals surface area contributed by atoms with E-state index in [9.17, 15) is 4.79 Å². The van der Waals surface area contributed by atoms with E-state index in [2.05, 4.69) is 26.3 Å². The second-order valence-corrected chi connectivity index (χ2v) is 4.19. The Bertz CT molecular complexity index is 536. The van der Waals surface area contributed by atoms with E-state index < -0.39 is 0 Å². The van der Waals surface area contributed by atoms with E-state index >= 15 is 0 Å². The molecule has 5 heteroatoms. The van der Waals surface area contributed by atoms with Crippen molar-refractivity contribution in [2.24, 2.45) is 7.05 Å². The number of aryl methyl sites for hydroxylation is 1. The van der Waals surface area contributed by atoms with Gasteiger partial charge in [0.2, 0.25) is 0 Å². The summed E-state index contributed by atoms with van der Waals surface area (Å²) in [7, 11) is 1.74. The van der Waals surface area contributed by atoms with Gasteiger partial charge in [0.25, 0.3) is 5.91 Å². The summed E-state index contributed by atoms with van der Waals surface area (Å²) in [6.45, 7) is 0. The maximum atomic E-state index is 11.9. The third-order valence-electron chi connectivity index (χ3n) is 2.39. The molecule has 0 atom stereocenters. The molecule has 0 spiro atoms. The fourth-order valence-electron chi connectivity index (χ4n) is 1.52. The van der Waals surface area contributed by atoms with Gasteiger partial charge in [0.05, 0.1) is 0 Å². The molecule has 0 aliphatic heterocycles. The molecule has 17 heavy (non-hydrogen) atoms. The van der Waals surface area contributed by atoms with Crippen LogP contribution in [0.5, 0.6) is 0 Å². The lowest BCUT2D eigenvalue weighted by Crippen LogP contribution is -2.16. The van der Waals surface area contributed by atoms with E-state index in [0.29, 0.717) is 5.69 Å². The van der Waals surface area contributed by atoms with Crippen molar-refractivity contribution < 1.29 is 4.79 Å². The molecule has 1 aromatic heterocycles. The molecule has 0 radical (unpaired) electrons. The molecule has 0 saturated carbocycles. The van der Waals surface area contributed by atoms with Crippen molar-refractivity contribution in [1.82, 2.24) is 9.78 Å². The van der Waals surface area contributed by atoms with Crippen molar-refractivity contribution in [1.29, 1.82) is 0 Å². The molecule has 1 N–H and O–H groups in total. The van der Waals surface area contributed by atoms with Crippen LogP contribution in [-0.4, -0.2) is 15.7 Å². The van der Waals surface area contributed by atoms with Crippen LogP contribution in [0.25, 0.3) is 0 Å². The Morgan fingerprint density at radius 1 is 1.47 bits per heavy atom. The molecule has 1 heterocycles. The first-order chi connectivity index (χ1) is 8.20. The van der Waals surface area contributed by atoms with Gasteiger partial charge in [-0.05, 0) is 23.8 Å². The second-order valence-electron chi connectivity index (χ2n) is 3.63. The highest BCUT2D eigenvalue weighted by Crippen LogP contribution is 2.14. The zero-order chi connectivity index (χ0) is 12.3. The van der Waals surface area contributed by atoms with Gasteiger partial charge in [0.15, 0.2) is 0 Å². The molecule has 1 aromatic carbocycles. The largest absolute Gasteiger partial charge is 0.321 e. The summed E-state index contributed by atoms with van der Waals surface area (Å²) in [5.74, 6) is -0.156. The summed E-state index contributed by atoms with van der Waals surface area (Å²) in [5.41, 5.74) is 2.44. The summed E-state index contributed by atoms with van der Waals surface area (Å²) in [6.07, 6.45) is 1.60. The number of benzene rings is 1. The predicted octanol–water partition coefficient (Wildman–Crippen LogP) is 2.57. The van der Waals surface area contributed by atoms with Gasteiger partial charge in [-0.15, -0.1) is 0 Å². The van der Waals surface area contributed by atoms with Crippen LogP contribution in [0.3, 0.4) is 0 Å². The molecular formula is C12H12BrN3O. The van der Waals surface area contributed by atoms with E-state index in [0.717, 1.165) is 16.6 Å². The molecule has 4 nitrogen and oxygen atoms in total. The van der Waals surface area contributed by atoms with Crippen LogP contribution >= 0.6 is 15.9 Å². The third kappa shape index (κ3) is 2.74. The fraction of sp³-hybridized carbons (Fsp3) is 0.167. The lowest BCUT2D eigenvalue weighted by Gasteiger charge is -2.06. The molecule has 88 valence electrons. The molecular weight excluding hydrogens is 282 g/mol. The topological polar surface area (TPSA) is 46.9 Å². The predicted molar refractivity (Wildman–Crippen MR) is 70.2 cm³/mol. The Hall–Kier alpha value is -1.62. The Kier molecular flexibility index (Phi) is 3.58. The van der Waals surface area contributed by atoms with E-state index in [1.54, 1.807) is 24.0 Å². The second kappa shape index (κ2) is 5.14. The lowest BCUT2D eigenvalue weighted by atomic mass is 10.2. The highest BCUT2D eigenvalue weighted by atomic mass is 79.9. The van der Waals surface area contributed by atoms with Crippen LogP contribution < -0.4 is 5.32 Å². The van der Waals surface area contributed by atoms with Gasteiger partial charge in [-0.3, -0.25) is 9.48 Å². The summed E-state index contributed by atoms with van der Waals surface area (Å²) < 4.78 is 1.55. The number of alkyl halides is 1. The van der Waals surface area contributed by atoms with Gasteiger partial charge < -0.3 is 5.32 Å². The SMILES string of the molecule is Cn1nccc1C(=O)Nc1cccc(CBr)c1. The minimum atomic E-state index is -0.156. The van der Waals surface area contributed by atoms with Gasteiger partial charge in [0.1, 0.15) is 5.69 Å². The van der Waals surface area contributed by atoms with Gasteiger partial charge in [-0.1, -0.05) is 28.1 Å². The average molecular weight is 294 g/mol. The first-order valence-corrected chi connectivity index (χ1v) is 6.27.